The average molecular weight is 427 g/mol. The molecule has 2 amide bonds. The predicted molar refractivity (Wildman–Crippen MR) is 107 cm³/mol. The van der Waals surface area contributed by atoms with Crippen molar-refractivity contribution in [1.29, 1.82) is 5.26 Å². The van der Waals surface area contributed by atoms with Crippen LogP contribution in [-0.4, -0.2) is 65.4 Å². The van der Waals surface area contributed by atoms with Gasteiger partial charge in [-0.1, -0.05) is 0 Å². The maximum Gasteiger partial charge on any atom is 0.341 e. The van der Waals surface area contributed by atoms with E-state index in [1.165, 1.54) is 30.4 Å². The third kappa shape index (κ3) is 4.09. The van der Waals surface area contributed by atoms with Gasteiger partial charge >= 0.3 is 6.03 Å². The number of methoxy groups -OCH3 is 1. The molecule has 0 aliphatic carbocycles. The van der Waals surface area contributed by atoms with Gasteiger partial charge in [0.2, 0.25) is 5.95 Å². The Hall–Kier alpha value is -3.81. The highest BCUT2D eigenvalue weighted by atomic mass is 19.1. The zero-order chi connectivity index (χ0) is 22.0. The zero-order valence-corrected chi connectivity index (χ0v) is 16.7. The van der Waals surface area contributed by atoms with Crippen molar-refractivity contribution in [3.8, 4) is 11.8 Å². The molecule has 0 bridgehead atoms. The SMILES string of the molecule is COc1cnc(N2CCN(C(=O)N3N=CC[C@H]3c3cc(F)cc(F)c3)CC2)nc1C#N. The van der Waals surface area contributed by atoms with E-state index in [1.54, 1.807) is 11.1 Å². The summed E-state index contributed by atoms with van der Waals surface area (Å²) in [6.07, 6.45) is 3.39. The number of benzene rings is 1. The third-order valence-corrected chi connectivity index (χ3v) is 5.20. The molecule has 1 aromatic heterocycles. The lowest BCUT2D eigenvalue weighted by Crippen LogP contribution is -2.52. The van der Waals surface area contributed by atoms with Gasteiger partial charge in [0.25, 0.3) is 0 Å². The summed E-state index contributed by atoms with van der Waals surface area (Å²) in [5.41, 5.74) is 0.500. The number of rotatable bonds is 3. The lowest BCUT2D eigenvalue weighted by Gasteiger charge is -2.37. The van der Waals surface area contributed by atoms with E-state index in [0.29, 0.717) is 49.9 Å². The first kappa shape index (κ1) is 20.5. The Kier molecular flexibility index (Phi) is 5.62. The average Bonchev–Trinajstić information content (AvgIpc) is 3.27. The van der Waals surface area contributed by atoms with Crippen LogP contribution in [0.15, 0.2) is 29.5 Å². The first-order valence-electron chi connectivity index (χ1n) is 9.63. The lowest BCUT2D eigenvalue weighted by atomic mass is 10.0. The number of urea groups is 1. The molecule has 31 heavy (non-hydrogen) atoms. The fraction of sp³-hybridized carbons (Fsp3) is 0.350. The summed E-state index contributed by atoms with van der Waals surface area (Å²) in [6, 6.07) is 4.31. The number of carbonyl (C=O) groups excluding carboxylic acids is 1. The molecular formula is C20H19F2N7O2. The van der Waals surface area contributed by atoms with Crippen LogP contribution in [0.4, 0.5) is 19.5 Å². The Morgan fingerprint density at radius 3 is 2.55 bits per heavy atom. The first-order valence-corrected chi connectivity index (χ1v) is 9.63. The Labute approximate surface area is 177 Å². The van der Waals surface area contributed by atoms with E-state index in [-0.39, 0.29) is 11.7 Å². The molecule has 0 spiro atoms. The van der Waals surface area contributed by atoms with E-state index in [9.17, 15) is 18.8 Å². The van der Waals surface area contributed by atoms with Crippen LogP contribution in [0.2, 0.25) is 0 Å². The van der Waals surface area contributed by atoms with Crippen molar-refractivity contribution in [2.45, 2.75) is 12.5 Å². The molecule has 0 radical (unpaired) electrons. The number of nitrogens with zero attached hydrogens (tertiary/aromatic N) is 7. The normalized spacial score (nSPS) is 18.3. The molecule has 3 heterocycles. The first-order chi connectivity index (χ1) is 15.0. The highest BCUT2D eigenvalue weighted by Crippen LogP contribution is 2.30. The topological polar surface area (TPSA) is 97.9 Å². The van der Waals surface area contributed by atoms with Crippen LogP contribution >= 0.6 is 0 Å². The van der Waals surface area contributed by atoms with Crippen LogP contribution in [0.25, 0.3) is 0 Å². The Bertz CT molecular complexity index is 1040. The Balaban J connectivity index is 1.43. The van der Waals surface area contributed by atoms with Crippen molar-refractivity contribution >= 4 is 18.2 Å². The highest BCUT2D eigenvalue weighted by molar-refractivity contribution is 5.78. The fourth-order valence-corrected chi connectivity index (χ4v) is 3.63. The fourth-order valence-electron chi connectivity index (χ4n) is 3.63. The van der Waals surface area contributed by atoms with E-state index >= 15 is 0 Å². The number of carbonyl (C=O) groups is 1. The number of halogens is 2. The van der Waals surface area contributed by atoms with Crippen molar-refractivity contribution in [3.63, 3.8) is 0 Å². The molecule has 0 N–H and O–H groups in total. The standard InChI is InChI=1S/C20H19F2N7O2/c1-31-18-12-24-19(26-16(18)11-23)27-4-6-28(7-5-27)20(30)29-17(2-3-25-29)13-8-14(21)10-15(22)9-13/h3,8-10,12,17H,2,4-7H2,1H3/t17-/m0/s1. The third-order valence-electron chi connectivity index (χ3n) is 5.20. The number of anilines is 1. The van der Waals surface area contributed by atoms with E-state index < -0.39 is 17.7 Å². The van der Waals surface area contributed by atoms with Crippen LogP contribution in [0.3, 0.4) is 0 Å². The second-order valence-electron chi connectivity index (χ2n) is 7.05. The van der Waals surface area contributed by atoms with E-state index in [0.717, 1.165) is 6.07 Å². The van der Waals surface area contributed by atoms with E-state index in [2.05, 4.69) is 15.1 Å². The zero-order valence-electron chi connectivity index (χ0n) is 16.7. The quantitative estimate of drug-likeness (QED) is 0.746. The molecule has 4 rings (SSSR count). The van der Waals surface area contributed by atoms with Gasteiger partial charge in [-0.25, -0.2) is 23.6 Å². The maximum absolute atomic E-state index is 13.6. The molecule has 0 saturated carbocycles. The maximum atomic E-state index is 13.6. The van der Waals surface area contributed by atoms with Crippen LogP contribution in [0, 0.1) is 23.0 Å². The molecule has 1 saturated heterocycles. The van der Waals surface area contributed by atoms with Gasteiger partial charge in [-0.3, -0.25) is 0 Å². The number of amides is 2. The minimum atomic E-state index is -0.695. The van der Waals surface area contributed by atoms with Gasteiger partial charge in [0, 0.05) is 44.9 Å². The van der Waals surface area contributed by atoms with Gasteiger partial charge in [0.15, 0.2) is 11.4 Å². The molecule has 2 aliphatic rings. The van der Waals surface area contributed by atoms with Crippen molar-refractivity contribution in [2.24, 2.45) is 5.10 Å². The molecular weight excluding hydrogens is 408 g/mol. The second-order valence-corrected chi connectivity index (χ2v) is 7.05. The summed E-state index contributed by atoms with van der Waals surface area (Å²) < 4.78 is 32.3. The van der Waals surface area contributed by atoms with Crippen LogP contribution < -0.4 is 9.64 Å². The monoisotopic (exact) mass is 427 g/mol. The summed E-state index contributed by atoms with van der Waals surface area (Å²) >= 11 is 0. The molecule has 1 atom stereocenters. The van der Waals surface area contributed by atoms with Gasteiger partial charge in [0.05, 0.1) is 19.3 Å². The minimum absolute atomic E-state index is 0.141. The summed E-state index contributed by atoms with van der Waals surface area (Å²) in [7, 11) is 1.44. The number of aromatic nitrogens is 2. The smallest absolute Gasteiger partial charge is 0.341 e. The van der Waals surface area contributed by atoms with Crippen LogP contribution in [0.1, 0.15) is 23.7 Å². The predicted octanol–water partition coefficient (Wildman–Crippen LogP) is 2.31. The summed E-state index contributed by atoms with van der Waals surface area (Å²) in [4.78, 5) is 25.0. The Morgan fingerprint density at radius 2 is 1.90 bits per heavy atom. The summed E-state index contributed by atoms with van der Waals surface area (Å²) in [5.74, 6) is -0.707. The van der Waals surface area contributed by atoms with E-state index in [4.69, 9.17) is 4.74 Å². The lowest BCUT2D eigenvalue weighted by molar-refractivity contribution is 0.139. The minimum Gasteiger partial charge on any atom is -0.492 e. The number of hydrogen-bond acceptors (Lipinski definition) is 7. The summed E-state index contributed by atoms with van der Waals surface area (Å²) in [5, 5.41) is 14.6. The van der Waals surface area contributed by atoms with Crippen molar-refractivity contribution < 1.29 is 18.3 Å². The second kappa shape index (κ2) is 8.51. The van der Waals surface area contributed by atoms with Crippen LogP contribution in [0.5, 0.6) is 5.75 Å². The van der Waals surface area contributed by atoms with Crippen molar-refractivity contribution in [2.75, 3.05) is 38.2 Å². The molecule has 2 aromatic rings. The van der Waals surface area contributed by atoms with Crippen molar-refractivity contribution in [1.82, 2.24) is 19.9 Å². The number of piperazine rings is 1. The van der Waals surface area contributed by atoms with E-state index in [1.807, 2.05) is 11.0 Å². The number of nitriles is 1. The van der Waals surface area contributed by atoms with Crippen LogP contribution in [-0.2, 0) is 0 Å². The molecule has 11 heteroatoms. The molecule has 0 unspecified atom stereocenters. The molecule has 1 fully saturated rings. The highest BCUT2D eigenvalue weighted by Gasteiger charge is 2.34. The molecule has 2 aliphatic heterocycles. The van der Waals surface area contributed by atoms with Gasteiger partial charge in [-0.15, -0.1) is 0 Å². The van der Waals surface area contributed by atoms with Gasteiger partial charge < -0.3 is 14.5 Å². The number of ether oxygens (including phenoxy) is 1. The summed E-state index contributed by atoms with van der Waals surface area (Å²) in [6.45, 7) is 1.68. The largest absolute Gasteiger partial charge is 0.492 e. The number of hydrogen-bond donors (Lipinski definition) is 0. The Morgan fingerprint density at radius 1 is 1.19 bits per heavy atom. The molecule has 1 aromatic carbocycles. The molecule has 160 valence electrons. The van der Waals surface area contributed by atoms with Gasteiger partial charge in [0.1, 0.15) is 17.7 Å². The molecule has 9 nitrogen and oxygen atoms in total. The van der Waals surface area contributed by atoms with Gasteiger partial charge in [-0.2, -0.15) is 15.3 Å². The number of hydrazone groups is 1. The van der Waals surface area contributed by atoms with Gasteiger partial charge in [-0.05, 0) is 17.7 Å². The van der Waals surface area contributed by atoms with Crippen molar-refractivity contribution in [3.05, 3.63) is 47.3 Å².